The van der Waals surface area contributed by atoms with Gasteiger partial charge in [-0.3, -0.25) is 9.59 Å². The summed E-state index contributed by atoms with van der Waals surface area (Å²) in [5.74, 6) is 1.05. The molecular weight excluding hydrogens is 342 g/mol. The van der Waals surface area contributed by atoms with Crippen LogP contribution in [0.5, 0.6) is 11.5 Å². The van der Waals surface area contributed by atoms with Crippen molar-refractivity contribution in [3.8, 4) is 11.5 Å². The normalized spacial score (nSPS) is 10.4. The number of benzene rings is 3. The van der Waals surface area contributed by atoms with Crippen molar-refractivity contribution in [2.24, 2.45) is 0 Å². The molecule has 138 valence electrons. The quantitative estimate of drug-likeness (QED) is 0.650. The Morgan fingerprint density at radius 3 is 2.48 bits per heavy atom. The van der Waals surface area contributed by atoms with E-state index in [4.69, 9.17) is 9.47 Å². The summed E-state index contributed by atoms with van der Waals surface area (Å²) in [6.07, 6.45) is 0. The zero-order chi connectivity index (χ0) is 19.2. The van der Waals surface area contributed by atoms with E-state index in [2.05, 4.69) is 5.32 Å². The van der Waals surface area contributed by atoms with Crippen LogP contribution in [0.4, 0.5) is 0 Å². The number of nitrogens with one attached hydrogen (secondary N) is 1. The van der Waals surface area contributed by atoms with Crippen molar-refractivity contribution in [2.45, 2.75) is 13.5 Å². The maximum atomic E-state index is 12.0. The van der Waals surface area contributed by atoms with Gasteiger partial charge in [-0.05, 0) is 53.6 Å². The van der Waals surface area contributed by atoms with Crippen molar-refractivity contribution in [1.82, 2.24) is 5.32 Å². The molecule has 27 heavy (non-hydrogen) atoms. The predicted molar refractivity (Wildman–Crippen MR) is 104 cm³/mol. The first kappa shape index (κ1) is 18.5. The molecule has 0 spiro atoms. The largest absolute Gasteiger partial charge is 0.497 e. The molecule has 3 aromatic rings. The third-order valence-electron chi connectivity index (χ3n) is 4.21. The van der Waals surface area contributed by atoms with Crippen LogP contribution >= 0.6 is 0 Å². The second-order valence-electron chi connectivity index (χ2n) is 6.20. The summed E-state index contributed by atoms with van der Waals surface area (Å²) < 4.78 is 10.7. The summed E-state index contributed by atoms with van der Waals surface area (Å²) in [4.78, 5) is 23.4. The van der Waals surface area contributed by atoms with Gasteiger partial charge in [0.15, 0.2) is 12.4 Å². The number of ether oxygens (including phenoxy) is 2. The van der Waals surface area contributed by atoms with Gasteiger partial charge in [-0.25, -0.2) is 0 Å². The Hall–Kier alpha value is -3.34. The van der Waals surface area contributed by atoms with Crippen LogP contribution in [0.3, 0.4) is 0 Å². The predicted octanol–water partition coefficient (Wildman–Crippen LogP) is 3.75. The first-order valence-corrected chi connectivity index (χ1v) is 8.62. The van der Waals surface area contributed by atoms with E-state index in [1.807, 2.05) is 36.4 Å². The molecule has 0 radical (unpaired) electrons. The van der Waals surface area contributed by atoms with Crippen LogP contribution in [0.1, 0.15) is 22.8 Å². The molecule has 1 amide bonds. The van der Waals surface area contributed by atoms with Crippen LogP contribution in [-0.2, 0) is 11.3 Å². The number of hydrogen-bond donors (Lipinski definition) is 1. The molecule has 5 heteroatoms. The molecular formula is C22H21NO4. The second kappa shape index (κ2) is 8.36. The first-order chi connectivity index (χ1) is 13.0. The molecule has 1 N–H and O–H groups in total. The van der Waals surface area contributed by atoms with Gasteiger partial charge in [0.2, 0.25) is 0 Å². The monoisotopic (exact) mass is 363 g/mol. The maximum Gasteiger partial charge on any atom is 0.258 e. The molecule has 5 nitrogen and oxygen atoms in total. The topological polar surface area (TPSA) is 64.6 Å². The molecule has 0 bridgehead atoms. The molecule has 0 aliphatic heterocycles. The second-order valence-corrected chi connectivity index (χ2v) is 6.20. The molecule has 0 unspecified atom stereocenters. The lowest BCUT2D eigenvalue weighted by Gasteiger charge is -2.09. The highest BCUT2D eigenvalue weighted by molar-refractivity contribution is 5.94. The fourth-order valence-electron chi connectivity index (χ4n) is 2.72. The van der Waals surface area contributed by atoms with Crippen molar-refractivity contribution in [1.29, 1.82) is 0 Å². The third-order valence-corrected chi connectivity index (χ3v) is 4.21. The molecule has 0 aromatic heterocycles. The number of hydrogen-bond acceptors (Lipinski definition) is 4. The Labute approximate surface area is 157 Å². The Morgan fingerprint density at radius 2 is 1.70 bits per heavy atom. The number of ketones is 1. The lowest BCUT2D eigenvalue weighted by Crippen LogP contribution is -2.28. The van der Waals surface area contributed by atoms with Crippen molar-refractivity contribution in [3.63, 3.8) is 0 Å². The molecule has 0 saturated carbocycles. The van der Waals surface area contributed by atoms with Crippen LogP contribution in [0.2, 0.25) is 0 Å². The number of Topliss-reactive ketones (excluding diaryl/α,β-unsaturated/α-hetero) is 1. The molecule has 3 aromatic carbocycles. The first-order valence-electron chi connectivity index (χ1n) is 8.62. The van der Waals surface area contributed by atoms with Gasteiger partial charge in [-0.15, -0.1) is 0 Å². The zero-order valence-electron chi connectivity index (χ0n) is 15.3. The van der Waals surface area contributed by atoms with E-state index >= 15 is 0 Å². The average molecular weight is 363 g/mol. The van der Waals surface area contributed by atoms with Crippen molar-refractivity contribution >= 4 is 22.5 Å². The van der Waals surface area contributed by atoms with Crippen molar-refractivity contribution in [2.75, 3.05) is 13.7 Å². The summed E-state index contributed by atoms with van der Waals surface area (Å²) in [5, 5.41) is 5.00. The van der Waals surface area contributed by atoms with Crippen molar-refractivity contribution < 1.29 is 19.1 Å². The van der Waals surface area contributed by atoms with Gasteiger partial charge in [0.05, 0.1) is 7.11 Å². The number of carbonyl (C=O) groups is 2. The number of rotatable bonds is 7. The van der Waals surface area contributed by atoms with Crippen LogP contribution in [-0.4, -0.2) is 25.4 Å². The molecule has 3 rings (SSSR count). The van der Waals surface area contributed by atoms with Crippen LogP contribution in [0.15, 0.2) is 60.7 Å². The minimum atomic E-state index is -0.224. The van der Waals surface area contributed by atoms with Gasteiger partial charge in [-0.1, -0.05) is 30.3 Å². The summed E-state index contributed by atoms with van der Waals surface area (Å²) in [6, 6.07) is 18.7. The van der Waals surface area contributed by atoms with Crippen LogP contribution in [0, 0.1) is 0 Å². The molecule has 0 atom stereocenters. The standard InChI is InChI=1S/C22H21NO4/c1-15(24)17-4-3-5-21(11-17)27-14-22(25)23-13-16-6-7-19-12-20(26-2)9-8-18(19)10-16/h3-12H,13-14H2,1-2H3,(H,23,25). The van der Waals surface area contributed by atoms with Crippen molar-refractivity contribution in [3.05, 3.63) is 71.8 Å². The van der Waals surface area contributed by atoms with E-state index in [1.165, 1.54) is 6.92 Å². The average Bonchev–Trinajstić information content (AvgIpc) is 2.70. The number of amides is 1. The van der Waals surface area contributed by atoms with Gasteiger partial charge >= 0.3 is 0 Å². The summed E-state index contributed by atoms with van der Waals surface area (Å²) >= 11 is 0. The van der Waals surface area contributed by atoms with E-state index in [0.29, 0.717) is 17.9 Å². The van der Waals surface area contributed by atoms with E-state index < -0.39 is 0 Å². The number of carbonyl (C=O) groups excluding carboxylic acids is 2. The Bertz CT molecular complexity index is 981. The summed E-state index contributed by atoms with van der Waals surface area (Å²) in [6.45, 7) is 1.80. The molecule has 0 saturated heterocycles. The smallest absolute Gasteiger partial charge is 0.258 e. The highest BCUT2D eigenvalue weighted by atomic mass is 16.5. The lowest BCUT2D eigenvalue weighted by atomic mass is 10.1. The Kier molecular flexibility index (Phi) is 5.71. The molecule has 0 aliphatic rings. The Balaban J connectivity index is 1.55. The van der Waals surface area contributed by atoms with E-state index in [-0.39, 0.29) is 18.3 Å². The van der Waals surface area contributed by atoms with E-state index in [9.17, 15) is 9.59 Å². The molecule has 0 fully saturated rings. The summed E-state index contributed by atoms with van der Waals surface area (Å²) in [7, 11) is 1.64. The van der Waals surface area contributed by atoms with Gasteiger partial charge in [0.1, 0.15) is 11.5 Å². The zero-order valence-corrected chi connectivity index (χ0v) is 15.3. The van der Waals surface area contributed by atoms with Crippen LogP contribution < -0.4 is 14.8 Å². The highest BCUT2D eigenvalue weighted by Gasteiger charge is 2.06. The maximum absolute atomic E-state index is 12.0. The SMILES string of the molecule is COc1ccc2cc(CNC(=O)COc3cccc(C(C)=O)c3)ccc2c1. The fraction of sp³-hybridized carbons (Fsp3) is 0.182. The minimum Gasteiger partial charge on any atom is -0.497 e. The van der Waals surface area contributed by atoms with Gasteiger partial charge in [0.25, 0.3) is 5.91 Å². The number of fused-ring (bicyclic) bond motifs is 1. The molecule has 0 aliphatic carbocycles. The van der Waals surface area contributed by atoms with Gasteiger partial charge in [-0.2, -0.15) is 0 Å². The fourth-order valence-corrected chi connectivity index (χ4v) is 2.72. The van der Waals surface area contributed by atoms with E-state index in [1.54, 1.807) is 31.4 Å². The van der Waals surface area contributed by atoms with Gasteiger partial charge in [0, 0.05) is 12.1 Å². The Morgan fingerprint density at radius 1 is 0.926 bits per heavy atom. The third kappa shape index (κ3) is 4.85. The highest BCUT2D eigenvalue weighted by Crippen LogP contribution is 2.21. The van der Waals surface area contributed by atoms with E-state index in [0.717, 1.165) is 22.1 Å². The number of methoxy groups -OCH3 is 1. The lowest BCUT2D eigenvalue weighted by molar-refractivity contribution is -0.123. The van der Waals surface area contributed by atoms with Crippen LogP contribution in [0.25, 0.3) is 10.8 Å². The molecule has 0 heterocycles. The van der Waals surface area contributed by atoms with Gasteiger partial charge < -0.3 is 14.8 Å². The summed E-state index contributed by atoms with van der Waals surface area (Å²) in [5.41, 5.74) is 1.56. The minimum absolute atomic E-state index is 0.0428.